The molecule has 1 atom stereocenters. The van der Waals surface area contributed by atoms with E-state index >= 15 is 0 Å². The van der Waals surface area contributed by atoms with Crippen LogP contribution in [0.5, 0.6) is 0 Å². The molecule has 4 rings (SSSR count). The second kappa shape index (κ2) is 5.63. The summed E-state index contributed by atoms with van der Waals surface area (Å²) in [6.45, 7) is 0. The van der Waals surface area contributed by atoms with Crippen molar-refractivity contribution in [3.63, 3.8) is 0 Å². The van der Waals surface area contributed by atoms with E-state index < -0.39 is 6.04 Å². The summed E-state index contributed by atoms with van der Waals surface area (Å²) in [5, 5.41) is 0. The maximum absolute atomic E-state index is 12.8. The Morgan fingerprint density at radius 1 is 1.08 bits per heavy atom. The first-order valence-corrected chi connectivity index (χ1v) is 7.95. The summed E-state index contributed by atoms with van der Waals surface area (Å²) < 4.78 is 5.19. The van der Waals surface area contributed by atoms with Crippen molar-refractivity contribution in [3.8, 4) is 0 Å². The Hall–Kier alpha value is -2.89. The molecule has 1 saturated heterocycles. The zero-order valence-corrected chi connectivity index (χ0v) is 12.9. The quantitative estimate of drug-likeness (QED) is 0.809. The van der Waals surface area contributed by atoms with Crippen molar-refractivity contribution < 1.29 is 18.8 Å². The van der Waals surface area contributed by atoms with E-state index in [9.17, 15) is 14.4 Å². The van der Waals surface area contributed by atoms with Crippen LogP contribution >= 0.6 is 0 Å². The van der Waals surface area contributed by atoms with Crippen molar-refractivity contribution in [2.45, 2.75) is 31.3 Å². The Kier molecular flexibility index (Phi) is 3.45. The van der Waals surface area contributed by atoms with Gasteiger partial charge in [0.05, 0.1) is 18.4 Å². The van der Waals surface area contributed by atoms with Crippen molar-refractivity contribution in [1.82, 2.24) is 4.90 Å². The van der Waals surface area contributed by atoms with Gasteiger partial charge in [0, 0.05) is 6.04 Å². The topological polar surface area (TPSA) is 70.8 Å². The number of nitrogens with zero attached hydrogens (tertiary/aromatic N) is 2. The molecule has 1 aromatic carbocycles. The van der Waals surface area contributed by atoms with Gasteiger partial charge in [0.15, 0.2) is 5.76 Å². The predicted octanol–water partition coefficient (Wildman–Crippen LogP) is 2.22. The van der Waals surface area contributed by atoms with Gasteiger partial charge in [0.25, 0.3) is 11.8 Å². The van der Waals surface area contributed by atoms with E-state index in [1.54, 1.807) is 36.4 Å². The van der Waals surface area contributed by atoms with Crippen molar-refractivity contribution in [2.24, 2.45) is 0 Å². The van der Waals surface area contributed by atoms with Gasteiger partial charge in [0.1, 0.15) is 6.04 Å². The third-order valence-electron chi connectivity index (χ3n) is 4.38. The van der Waals surface area contributed by atoms with Crippen molar-refractivity contribution in [1.29, 1.82) is 0 Å². The van der Waals surface area contributed by atoms with Gasteiger partial charge in [-0.3, -0.25) is 14.4 Å². The number of hydrogen-bond acceptors (Lipinski definition) is 4. The first-order valence-electron chi connectivity index (χ1n) is 7.95. The van der Waals surface area contributed by atoms with Crippen LogP contribution in [0.3, 0.4) is 0 Å². The molecule has 1 unspecified atom stereocenters. The Labute approximate surface area is 138 Å². The maximum atomic E-state index is 12.8. The van der Waals surface area contributed by atoms with E-state index in [-0.39, 0.29) is 35.9 Å². The molecule has 1 aromatic heterocycles. The Balaban J connectivity index is 1.64. The van der Waals surface area contributed by atoms with Crippen LogP contribution in [-0.4, -0.2) is 34.7 Å². The van der Waals surface area contributed by atoms with Crippen LogP contribution in [0.4, 0.5) is 5.69 Å². The van der Waals surface area contributed by atoms with Crippen LogP contribution in [0.2, 0.25) is 0 Å². The molecule has 2 heterocycles. The molecular formula is C18H16N2O4. The summed E-state index contributed by atoms with van der Waals surface area (Å²) in [5.41, 5.74) is 0.538. The van der Waals surface area contributed by atoms with Crippen LogP contribution in [0.25, 0.3) is 0 Å². The van der Waals surface area contributed by atoms with E-state index in [4.69, 9.17) is 4.42 Å². The molecule has 1 aliphatic carbocycles. The lowest BCUT2D eigenvalue weighted by atomic mass is 10.2. The van der Waals surface area contributed by atoms with E-state index in [0.717, 1.165) is 12.8 Å². The zero-order chi connectivity index (χ0) is 16.7. The first kappa shape index (κ1) is 14.7. The van der Waals surface area contributed by atoms with Gasteiger partial charge in [-0.05, 0) is 37.1 Å². The molecule has 122 valence electrons. The average molecular weight is 324 g/mol. The number of carbonyl (C=O) groups excluding carboxylic acids is 3. The van der Waals surface area contributed by atoms with Crippen molar-refractivity contribution in [3.05, 3.63) is 54.5 Å². The van der Waals surface area contributed by atoms with Crippen molar-refractivity contribution >= 4 is 23.4 Å². The van der Waals surface area contributed by atoms with Crippen LogP contribution in [-0.2, 0) is 9.59 Å². The van der Waals surface area contributed by atoms with E-state index in [0.29, 0.717) is 5.69 Å². The summed E-state index contributed by atoms with van der Waals surface area (Å²) >= 11 is 0. The number of anilines is 1. The summed E-state index contributed by atoms with van der Waals surface area (Å²) in [7, 11) is 0. The third kappa shape index (κ3) is 2.40. The van der Waals surface area contributed by atoms with Crippen molar-refractivity contribution in [2.75, 3.05) is 4.90 Å². The molecule has 0 N–H and O–H groups in total. The molecule has 2 aromatic rings. The molecule has 2 aliphatic rings. The van der Waals surface area contributed by atoms with Gasteiger partial charge in [-0.2, -0.15) is 0 Å². The number of hydrogen-bond donors (Lipinski definition) is 0. The van der Waals surface area contributed by atoms with Gasteiger partial charge in [0.2, 0.25) is 5.91 Å². The highest BCUT2D eigenvalue weighted by molar-refractivity contribution is 6.23. The fourth-order valence-corrected chi connectivity index (χ4v) is 3.12. The summed E-state index contributed by atoms with van der Waals surface area (Å²) in [4.78, 5) is 40.7. The molecule has 3 amide bonds. The third-order valence-corrected chi connectivity index (χ3v) is 4.38. The minimum atomic E-state index is -0.761. The van der Waals surface area contributed by atoms with Crippen LogP contribution in [0.15, 0.2) is 53.1 Å². The fraction of sp³-hybridized carbons (Fsp3) is 0.278. The molecule has 0 spiro atoms. The van der Waals surface area contributed by atoms with Crippen LogP contribution < -0.4 is 4.90 Å². The largest absolute Gasteiger partial charge is 0.459 e. The minimum Gasteiger partial charge on any atom is -0.459 e. The predicted molar refractivity (Wildman–Crippen MR) is 85.2 cm³/mol. The minimum absolute atomic E-state index is 0.0000679. The van der Waals surface area contributed by atoms with Gasteiger partial charge < -0.3 is 9.32 Å². The molecule has 6 nitrogen and oxygen atoms in total. The van der Waals surface area contributed by atoms with Crippen LogP contribution in [0.1, 0.15) is 29.8 Å². The average Bonchev–Trinajstić information content (AvgIpc) is 3.17. The molecule has 1 aliphatic heterocycles. The number of rotatable bonds is 4. The smallest absolute Gasteiger partial charge is 0.290 e. The highest BCUT2D eigenvalue weighted by Crippen LogP contribution is 2.35. The number of amides is 3. The van der Waals surface area contributed by atoms with E-state index in [2.05, 4.69) is 0 Å². The lowest BCUT2D eigenvalue weighted by Crippen LogP contribution is -2.46. The number of carbonyl (C=O) groups is 3. The molecule has 2 fully saturated rings. The first-order chi connectivity index (χ1) is 11.7. The molecule has 0 bridgehead atoms. The highest BCUT2D eigenvalue weighted by atomic mass is 16.3. The lowest BCUT2D eigenvalue weighted by molar-refractivity contribution is -0.122. The SMILES string of the molecule is O=C1CC(N(C(=O)c2ccco2)C2CC2)C(=O)N1c1ccccc1. The zero-order valence-electron chi connectivity index (χ0n) is 12.9. The number of benzene rings is 1. The van der Waals surface area contributed by atoms with Gasteiger partial charge in [-0.25, -0.2) is 4.90 Å². The molecule has 24 heavy (non-hydrogen) atoms. The Morgan fingerprint density at radius 3 is 2.46 bits per heavy atom. The Bertz CT molecular complexity index is 781. The van der Waals surface area contributed by atoms with Crippen LogP contribution in [0, 0.1) is 0 Å². The summed E-state index contributed by atoms with van der Waals surface area (Å²) in [6.07, 6.45) is 3.12. The number of imide groups is 1. The summed E-state index contributed by atoms with van der Waals surface area (Å²) in [6, 6.07) is 11.3. The highest BCUT2D eigenvalue weighted by Gasteiger charge is 2.49. The van der Waals surface area contributed by atoms with Gasteiger partial charge in [-0.15, -0.1) is 0 Å². The molecule has 0 radical (unpaired) electrons. The van der Waals surface area contributed by atoms with Gasteiger partial charge in [-0.1, -0.05) is 18.2 Å². The number of furan rings is 1. The van der Waals surface area contributed by atoms with E-state index in [1.165, 1.54) is 16.1 Å². The normalized spacial score (nSPS) is 20.5. The molecule has 1 saturated carbocycles. The monoisotopic (exact) mass is 324 g/mol. The second-order valence-electron chi connectivity index (χ2n) is 6.04. The molecule has 6 heteroatoms. The Morgan fingerprint density at radius 2 is 1.83 bits per heavy atom. The lowest BCUT2D eigenvalue weighted by Gasteiger charge is -2.26. The standard InChI is InChI=1S/C18H16N2O4/c21-16-11-14(17(22)20(16)12-5-2-1-3-6-12)19(13-8-9-13)18(23)15-7-4-10-24-15/h1-7,10,13-14H,8-9,11H2. The van der Waals surface area contributed by atoms with E-state index in [1.807, 2.05) is 6.07 Å². The fourth-order valence-electron chi connectivity index (χ4n) is 3.12. The summed E-state index contributed by atoms with van der Waals surface area (Å²) in [5.74, 6) is -0.768. The maximum Gasteiger partial charge on any atom is 0.290 e. The van der Waals surface area contributed by atoms with Gasteiger partial charge >= 0.3 is 0 Å². The molecular weight excluding hydrogens is 308 g/mol. The second-order valence-corrected chi connectivity index (χ2v) is 6.04. The number of para-hydroxylation sites is 1.